The van der Waals surface area contributed by atoms with Crippen molar-refractivity contribution in [1.82, 2.24) is 10.6 Å². The second-order valence-corrected chi connectivity index (χ2v) is 7.47. The normalized spacial score (nSPS) is 12.1. The molecule has 0 radical (unpaired) electrons. The highest BCUT2D eigenvalue weighted by Crippen LogP contribution is 2.30. The van der Waals surface area contributed by atoms with Gasteiger partial charge in [-0.1, -0.05) is 26.0 Å². The summed E-state index contributed by atoms with van der Waals surface area (Å²) in [7, 11) is 4.12. The molecule has 1 aromatic rings. The molecule has 1 aromatic carbocycles. The smallest absolute Gasteiger partial charge is 0.191 e. The first-order chi connectivity index (χ1) is 13.0. The lowest BCUT2D eigenvalue weighted by Gasteiger charge is -2.29. The van der Waals surface area contributed by atoms with E-state index in [1.165, 1.54) is 11.3 Å². The molecule has 0 aliphatic rings. The molecule has 0 heterocycles. The minimum atomic E-state index is 0.102. The van der Waals surface area contributed by atoms with Crippen molar-refractivity contribution in [2.45, 2.75) is 52.9 Å². The SMILES string of the molecule is CCNC(=NCC(CC)(CC)CCO)NCCCc1ccc(N(C)C)cc1. The molecular formula is C22H40N4O. The van der Waals surface area contributed by atoms with Crippen molar-refractivity contribution in [3.05, 3.63) is 29.8 Å². The lowest BCUT2D eigenvalue weighted by molar-refractivity contribution is 0.175. The van der Waals surface area contributed by atoms with Gasteiger partial charge in [0.05, 0.1) is 0 Å². The fourth-order valence-electron chi connectivity index (χ4n) is 3.19. The summed E-state index contributed by atoms with van der Waals surface area (Å²) in [4.78, 5) is 6.92. The Morgan fingerprint density at radius 1 is 1.07 bits per heavy atom. The molecule has 0 aliphatic heterocycles. The van der Waals surface area contributed by atoms with Crippen molar-refractivity contribution >= 4 is 11.6 Å². The first kappa shape index (κ1) is 23.3. The Hall–Kier alpha value is -1.75. The summed E-state index contributed by atoms with van der Waals surface area (Å²) >= 11 is 0. The molecule has 0 aromatic heterocycles. The average molecular weight is 377 g/mol. The van der Waals surface area contributed by atoms with E-state index in [2.05, 4.69) is 74.7 Å². The molecule has 0 amide bonds. The van der Waals surface area contributed by atoms with Gasteiger partial charge in [0, 0.05) is 46.0 Å². The fraction of sp³-hybridized carbons (Fsp3) is 0.682. The molecular weight excluding hydrogens is 336 g/mol. The molecule has 5 heteroatoms. The van der Waals surface area contributed by atoms with Gasteiger partial charge < -0.3 is 20.6 Å². The highest BCUT2D eigenvalue weighted by Gasteiger charge is 2.25. The van der Waals surface area contributed by atoms with Gasteiger partial charge in [0.25, 0.3) is 0 Å². The third kappa shape index (κ3) is 8.21. The highest BCUT2D eigenvalue weighted by atomic mass is 16.3. The van der Waals surface area contributed by atoms with E-state index in [0.29, 0.717) is 0 Å². The van der Waals surface area contributed by atoms with Crippen LogP contribution in [-0.2, 0) is 6.42 Å². The van der Waals surface area contributed by atoms with Crippen LogP contribution in [0.5, 0.6) is 0 Å². The monoisotopic (exact) mass is 376 g/mol. The van der Waals surface area contributed by atoms with Gasteiger partial charge in [-0.15, -0.1) is 0 Å². The number of rotatable bonds is 12. The zero-order valence-electron chi connectivity index (χ0n) is 18.0. The number of guanidine groups is 1. The number of nitrogens with one attached hydrogen (secondary N) is 2. The number of hydrogen-bond donors (Lipinski definition) is 3. The fourth-order valence-corrected chi connectivity index (χ4v) is 3.19. The first-order valence-electron chi connectivity index (χ1n) is 10.4. The summed E-state index contributed by atoms with van der Waals surface area (Å²) in [5.41, 5.74) is 2.70. The Morgan fingerprint density at radius 3 is 2.26 bits per heavy atom. The zero-order chi connectivity index (χ0) is 20.1. The standard InChI is InChI=1S/C22H40N4O/c1-6-22(7-2,15-17-27)18-25-21(23-8-3)24-16-9-10-19-11-13-20(14-12-19)26(4)5/h11-14,27H,6-10,15-18H2,1-5H3,(H2,23,24,25). The molecule has 5 nitrogen and oxygen atoms in total. The second kappa shape index (κ2) is 12.6. The number of aliphatic hydroxyl groups is 1. The van der Waals surface area contributed by atoms with Gasteiger partial charge >= 0.3 is 0 Å². The second-order valence-electron chi connectivity index (χ2n) is 7.47. The van der Waals surface area contributed by atoms with Gasteiger partial charge in [-0.3, -0.25) is 4.99 Å². The quantitative estimate of drug-likeness (QED) is 0.297. The third-order valence-electron chi connectivity index (χ3n) is 5.45. The molecule has 0 unspecified atom stereocenters. The number of benzene rings is 1. The number of hydrogen-bond acceptors (Lipinski definition) is 3. The van der Waals surface area contributed by atoms with Crippen LogP contribution in [0, 0.1) is 5.41 Å². The Balaban J connectivity index is 2.51. The van der Waals surface area contributed by atoms with Crippen LogP contribution in [-0.4, -0.2) is 51.4 Å². The van der Waals surface area contributed by atoms with Crippen molar-refractivity contribution < 1.29 is 5.11 Å². The summed E-state index contributed by atoms with van der Waals surface area (Å²) in [6, 6.07) is 8.76. The molecule has 3 N–H and O–H groups in total. The molecule has 0 saturated carbocycles. The predicted molar refractivity (Wildman–Crippen MR) is 118 cm³/mol. The minimum absolute atomic E-state index is 0.102. The molecule has 0 saturated heterocycles. The largest absolute Gasteiger partial charge is 0.396 e. The summed E-state index contributed by atoms with van der Waals surface area (Å²) in [6.45, 7) is 9.20. The van der Waals surface area contributed by atoms with Crippen LogP contribution < -0.4 is 15.5 Å². The van der Waals surface area contributed by atoms with Crippen LogP contribution in [0.3, 0.4) is 0 Å². The Bertz CT molecular complexity index is 536. The van der Waals surface area contributed by atoms with E-state index < -0.39 is 0 Å². The van der Waals surface area contributed by atoms with Gasteiger partial charge in [0.1, 0.15) is 0 Å². The molecule has 0 bridgehead atoms. The average Bonchev–Trinajstić information content (AvgIpc) is 2.68. The Kier molecular flexibility index (Phi) is 10.9. The summed E-state index contributed by atoms with van der Waals surface area (Å²) in [5.74, 6) is 0.879. The van der Waals surface area contributed by atoms with E-state index in [1.807, 2.05) is 0 Å². The number of aryl methyl sites for hydroxylation is 1. The van der Waals surface area contributed by atoms with E-state index in [1.54, 1.807) is 0 Å². The lowest BCUT2D eigenvalue weighted by atomic mass is 9.79. The van der Waals surface area contributed by atoms with Crippen molar-refractivity contribution in [2.75, 3.05) is 45.2 Å². The zero-order valence-corrected chi connectivity index (χ0v) is 18.0. The molecule has 0 aliphatic carbocycles. The van der Waals surface area contributed by atoms with Gasteiger partial charge in [-0.25, -0.2) is 0 Å². The van der Waals surface area contributed by atoms with Crippen LogP contribution in [0.15, 0.2) is 29.3 Å². The van der Waals surface area contributed by atoms with E-state index >= 15 is 0 Å². The topological polar surface area (TPSA) is 59.9 Å². The Morgan fingerprint density at radius 2 is 1.74 bits per heavy atom. The Labute approximate surface area is 166 Å². The van der Waals surface area contributed by atoms with E-state index in [-0.39, 0.29) is 12.0 Å². The molecule has 0 fully saturated rings. The van der Waals surface area contributed by atoms with Crippen LogP contribution in [0.25, 0.3) is 0 Å². The van der Waals surface area contributed by atoms with E-state index in [9.17, 15) is 5.11 Å². The number of aliphatic hydroxyl groups excluding tert-OH is 1. The van der Waals surface area contributed by atoms with Crippen LogP contribution in [0.1, 0.15) is 52.0 Å². The molecule has 0 atom stereocenters. The van der Waals surface area contributed by atoms with E-state index in [4.69, 9.17) is 4.99 Å². The molecule has 0 spiro atoms. The van der Waals surface area contributed by atoms with Crippen LogP contribution in [0.4, 0.5) is 5.69 Å². The summed E-state index contributed by atoms with van der Waals surface area (Å²) in [5, 5.41) is 16.2. The first-order valence-corrected chi connectivity index (χ1v) is 10.4. The van der Waals surface area contributed by atoms with Crippen molar-refractivity contribution in [1.29, 1.82) is 0 Å². The number of anilines is 1. The van der Waals surface area contributed by atoms with Crippen molar-refractivity contribution in [3.63, 3.8) is 0 Å². The summed E-state index contributed by atoms with van der Waals surface area (Å²) in [6.07, 6.45) is 5.01. The van der Waals surface area contributed by atoms with Crippen molar-refractivity contribution in [2.24, 2.45) is 10.4 Å². The van der Waals surface area contributed by atoms with Crippen LogP contribution in [0.2, 0.25) is 0 Å². The minimum Gasteiger partial charge on any atom is -0.396 e. The van der Waals surface area contributed by atoms with Gasteiger partial charge in [0.15, 0.2) is 5.96 Å². The lowest BCUT2D eigenvalue weighted by Crippen LogP contribution is -2.39. The highest BCUT2D eigenvalue weighted by molar-refractivity contribution is 5.79. The molecule has 1 rings (SSSR count). The van der Waals surface area contributed by atoms with Gasteiger partial charge in [0.2, 0.25) is 0 Å². The maximum atomic E-state index is 9.38. The number of nitrogens with zero attached hydrogens (tertiary/aromatic N) is 2. The molecule has 154 valence electrons. The maximum absolute atomic E-state index is 9.38. The van der Waals surface area contributed by atoms with Gasteiger partial charge in [-0.05, 0) is 62.1 Å². The molecule has 27 heavy (non-hydrogen) atoms. The number of aliphatic imine (C=N–C) groups is 1. The van der Waals surface area contributed by atoms with E-state index in [0.717, 1.165) is 57.7 Å². The predicted octanol–water partition coefficient (Wildman–Crippen LogP) is 3.43. The van der Waals surface area contributed by atoms with Crippen molar-refractivity contribution in [3.8, 4) is 0 Å². The summed E-state index contributed by atoms with van der Waals surface area (Å²) < 4.78 is 0. The maximum Gasteiger partial charge on any atom is 0.191 e. The van der Waals surface area contributed by atoms with Crippen LogP contribution >= 0.6 is 0 Å². The van der Waals surface area contributed by atoms with Gasteiger partial charge in [-0.2, -0.15) is 0 Å². The third-order valence-corrected chi connectivity index (χ3v) is 5.45.